The minimum atomic E-state index is -4.71. The van der Waals surface area contributed by atoms with Crippen molar-refractivity contribution < 1.29 is 37.3 Å². The number of amides is 1. The van der Waals surface area contributed by atoms with E-state index in [0.717, 1.165) is 109 Å². The zero-order valence-electron chi connectivity index (χ0n) is 58.4. The number of likely N-dealkylation sites (N-methyl/N-ethyl adjacent to an activating group) is 1. The number of carbonyl (C=O) groups is 2. The molecule has 3 unspecified atom stereocenters. The summed E-state index contributed by atoms with van der Waals surface area (Å²) in [5, 5.41) is 3.04. The van der Waals surface area contributed by atoms with E-state index < -0.39 is 26.6 Å². The van der Waals surface area contributed by atoms with Gasteiger partial charge >= 0.3 is 5.97 Å². The number of allylic oxidation sites excluding steroid dienone is 15. The average molecular weight is 1250 g/mol. The van der Waals surface area contributed by atoms with Crippen molar-refractivity contribution in [3.63, 3.8) is 0 Å². The Morgan fingerprint density at radius 2 is 0.727 bits per heavy atom. The zero-order chi connectivity index (χ0) is 64.2. The lowest BCUT2D eigenvalue weighted by atomic mass is 10.0. The number of rotatable bonds is 67. The van der Waals surface area contributed by atoms with E-state index in [2.05, 4.69) is 111 Å². The first-order valence-electron chi connectivity index (χ1n) is 37.0. The highest BCUT2D eigenvalue weighted by atomic mass is 31.2. The van der Waals surface area contributed by atoms with Gasteiger partial charge < -0.3 is 28.5 Å². The van der Waals surface area contributed by atoms with Crippen LogP contribution in [0, 0.1) is 0 Å². The molecule has 1 N–H and O–H groups in total. The third-order valence-corrected chi connectivity index (χ3v) is 17.2. The number of phosphoric acid groups is 1. The first-order valence-corrected chi connectivity index (χ1v) is 38.5. The molecule has 0 saturated heterocycles. The van der Waals surface area contributed by atoms with Crippen molar-refractivity contribution in [2.45, 2.75) is 348 Å². The molecule has 0 aliphatic heterocycles. The van der Waals surface area contributed by atoms with Crippen LogP contribution >= 0.6 is 7.82 Å². The maximum Gasteiger partial charge on any atom is 0.306 e. The molecule has 0 aliphatic rings. The summed E-state index contributed by atoms with van der Waals surface area (Å²) in [6, 6.07) is -0.900. The number of hydrogen-bond acceptors (Lipinski definition) is 7. The van der Waals surface area contributed by atoms with Crippen molar-refractivity contribution in [3.05, 3.63) is 97.2 Å². The first kappa shape index (κ1) is 84.9. The van der Waals surface area contributed by atoms with Gasteiger partial charge in [0, 0.05) is 12.8 Å². The molecule has 9 nitrogen and oxygen atoms in total. The SMILES string of the molecule is CC/C=C\C/C=C\C/C=C\C/C=C\C/C=C\CCCCCCCCCC(=O)NC(COP(=O)([O-])OCC[N+](C)(C)C)C(/C=C/CCCCCCCCCCCC)OC(=O)CCCCCCCCCCCCCCCCCCC/C=C\C/C=C\CCCCC. The van der Waals surface area contributed by atoms with Crippen molar-refractivity contribution >= 4 is 19.7 Å². The second kappa shape index (κ2) is 66.8. The van der Waals surface area contributed by atoms with Crippen LogP contribution in [-0.2, 0) is 27.9 Å². The maximum atomic E-state index is 13.6. The van der Waals surface area contributed by atoms with E-state index in [-0.39, 0.29) is 24.9 Å². The highest BCUT2D eigenvalue weighted by Crippen LogP contribution is 2.38. The summed E-state index contributed by atoms with van der Waals surface area (Å²) in [6.07, 6.45) is 91.1. The molecule has 0 rings (SSSR count). The van der Waals surface area contributed by atoms with Gasteiger partial charge in [-0.25, -0.2) is 0 Å². The van der Waals surface area contributed by atoms with Crippen LogP contribution in [0.2, 0.25) is 0 Å². The van der Waals surface area contributed by atoms with E-state index >= 15 is 0 Å². The van der Waals surface area contributed by atoms with Gasteiger partial charge in [0.15, 0.2) is 0 Å². The molecular weight excluding hydrogens is 1110 g/mol. The van der Waals surface area contributed by atoms with Gasteiger partial charge in [-0.1, -0.05) is 311 Å². The number of phosphoric ester groups is 1. The molecule has 0 fully saturated rings. The van der Waals surface area contributed by atoms with Crippen molar-refractivity contribution in [3.8, 4) is 0 Å². The Bertz CT molecular complexity index is 1830. The molecule has 0 bridgehead atoms. The molecule has 0 saturated carbocycles. The maximum absolute atomic E-state index is 13.6. The number of ether oxygens (including phenoxy) is 1. The minimum Gasteiger partial charge on any atom is -0.756 e. The summed E-state index contributed by atoms with van der Waals surface area (Å²) >= 11 is 0. The molecular formula is C78H141N2O7P. The predicted octanol–water partition coefficient (Wildman–Crippen LogP) is 23.2. The molecule has 0 aromatic carbocycles. The van der Waals surface area contributed by atoms with Crippen LogP contribution in [0.25, 0.3) is 0 Å². The summed E-state index contributed by atoms with van der Waals surface area (Å²) < 4.78 is 30.5. The van der Waals surface area contributed by atoms with Gasteiger partial charge in [-0.15, -0.1) is 0 Å². The molecule has 3 atom stereocenters. The number of nitrogens with one attached hydrogen (secondary N) is 1. The van der Waals surface area contributed by atoms with E-state index in [1.54, 1.807) is 0 Å². The summed E-state index contributed by atoms with van der Waals surface area (Å²) in [7, 11) is 1.18. The van der Waals surface area contributed by atoms with Gasteiger partial charge in [-0.3, -0.25) is 14.2 Å². The molecule has 0 spiro atoms. The van der Waals surface area contributed by atoms with Crippen LogP contribution in [-0.4, -0.2) is 69.4 Å². The van der Waals surface area contributed by atoms with E-state index in [1.165, 1.54) is 193 Å². The molecule has 0 radical (unpaired) electrons. The summed E-state index contributed by atoms with van der Waals surface area (Å²) in [5.41, 5.74) is 0. The summed E-state index contributed by atoms with van der Waals surface area (Å²) in [6.45, 7) is 6.73. The van der Waals surface area contributed by atoms with E-state index in [4.69, 9.17) is 13.8 Å². The normalized spacial score (nSPS) is 14.0. The number of nitrogens with zero attached hydrogens (tertiary/aromatic N) is 1. The number of quaternary nitrogens is 1. The Labute approximate surface area is 545 Å². The van der Waals surface area contributed by atoms with Gasteiger partial charge in [0.05, 0.1) is 33.8 Å². The fraction of sp³-hybridized carbons (Fsp3) is 0.769. The smallest absolute Gasteiger partial charge is 0.306 e. The molecule has 0 aromatic heterocycles. The molecule has 10 heteroatoms. The lowest BCUT2D eigenvalue weighted by Crippen LogP contribution is -2.47. The van der Waals surface area contributed by atoms with E-state index in [0.29, 0.717) is 17.4 Å². The van der Waals surface area contributed by atoms with Gasteiger partial charge in [0.25, 0.3) is 7.82 Å². The number of hydrogen-bond donors (Lipinski definition) is 1. The Morgan fingerprint density at radius 3 is 1.11 bits per heavy atom. The van der Waals surface area contributed by atoms with Gasteiger partial charge in [-0.2, -0.15) is 0 Å². The first-order chi connectivity index (χ1) is 42.9. The lowest BCUT2D eigenvalue weighted by Gasteiger charge is -2.30. The Balaban J connectivity index is 5.02. The van der Waals surface area contributed by atoms with Crippen molar-refractivity contribution in [2.75, 3.05) is 40.9 Å². The topological polar surface area (TPSA) is 114 Å². The molecule has 510 valence electrons. The lowest BCUT2D eigenvalue weighted by molar-refractivity contribution is -0.870. The van der Waals surface area contributed by atoms with E-state index in [9.17, 15) is 19.0 Å². The quantitative estimate of drug-likeness (QED) is 0.0212. The highest BCUT2D eigenvalue weighted by Gasteiger charge is 2.27. The van der Waals surface area contributed by atoms with Gasteiger partial charge in [0.2, 0.25) is 5.91 Å². The van der Waals surface area contributed by atoms with Crippen LogP contribution in [0.4, 0.5) is 0 Å². The van der Waals surface area contributed by atoms with Crippen LogP contribution in [0.15, 0.2) is 97.2 Å². The number of esters is 1. The Morgan fingerprint density at radius 1 is 0.409 bits per heavy atom. The summed E-state index contributed by atoms with van der Waals surface area (Å²) in [5.74, 6) is -0.546. The largest absolute Gasteiger partial charge is 0.756 e. The fourth-order valence-electron chi connectivity index (χ4n) is 10.6. The minimum absolute atomic E-state index is 0.0275. The molecule has 0 aromatic rings. The Kier molecular flexibility index (Phi) is 64.5. The van der Waals surface area contributed by atoms with Gasteiger partial charge in [0.1, 0.15) is 19.3 Å². The number of carbonyl (C=O) groups excluding carboxylic acids is 2. The average Bonchev–Trinajstić information content (AvgIpc) is 3.53. The van der Waals surface area contributed by atoms with Crippen molar-refractivity contribution in [1.29, 1.82) is 0 Å². The predicted molar refractivity (Wildman–Crippen MR) is 381 cm³/mol. The van der Waals surface area contributed by atoms with Gasteiger partial charge in [-0.05, 0) is 109 Å². The third kappa shape index (κ3) is 67.3. The van der Waals surface area contributed by atoms with E-state index in [1.807, 2.05) is 33.3 Å². The molecule has 0 heterocycles. The molecule has 0 aliphatic carbocycles. The molecule has 1 amide bonds. The standard InChI is InChI=1S/C78H141N2O7P/c1-7-10-13-16-19-22-25-28-30-32-34-36-38-39-40-41-43-45-47-49-51-53-56-59-62-65-68-71-78(82)87-76(69-66-63-60-57-54-27-24-21-18-15-12-9-3)75(74-86-88(83,84)85-73-72-80(4,5)6)79-77(81)70-67-64-61-58-55-52-50-48-46-44-42-37-35-33-31-29-26-23-20-17-14-11-8-2/h11,14,19-20,22-23,28-31,35,37,44,46,66,69,75-76H,7-10,12-13,15-18,21,24-27,32-34,36,38-43,45,47-65,67-68,70-74H2,1-6H3,(H-,79,81,83,84)/b14-11-,22-19-,23-20-,30-28-,31-29-,37-35-,46-44-,69-66+. The third-order valence-electron chi connectivity index (χ3n) is 16.2. The zero-order valence-corrected chi connectivity index (χ0v) is 59.3. The second-order valence-electron chi connectivity index (χ2n) is 26.1. The molecule has 88 heavy (non-hydrogen) atoms. The highest BCUT2D eigenvalue weighted by molar-refractivity contribution is 7.45. The number of unbranched alkanes of at least 4 members (excludes halogenated alkanes) is 37. The fourth-order valence-corrected chi connectivity index (χ4v) is 11.3. The van der Waals surface area contributed by atoms with Crippen LogP contribution in [0.1, 0.15) is 335 Å². The van der Waals surface area contributed by atoms with Crippen LogP contribution in [0.5, 0.6) is 0 Å². The monoisotopic (exact) mass is 1250 g/mol. The van der Waals surface area contributed by atoms with Crippen LogP contribution < -0.4 is 10.2 Å². The van der Waals surface area contributed by atoms with Crippen molar-refractivity contribution in [1.82, 2.24) is 5.32 Å². The van der Waals surface area contributed by atoms with Crippen LogP contribution in [0.3, 0.4) is 0 Å². The summed E-state index contributed by atoms with van der Waals surface area (Å²) in [4.78, 5) is 40.2. The Hall–Kier alpha value is -3.07. The second-order valence-corrected chi connectivity index (χ2v) is 27.5. The van der Waals surface area contributed by atoms with Crippen molar-refractivity contribution in [2.24, 2.45) is 0 Å².